The van der Waals surface area contributed by atoms with E-state index in [2.05, 4.69) is 21.3 Å². The van der Waals surface area contributed by atoms with Gasteiger partial charge < -0.3 is 26.4 Å². The Morgan fingerprint density at radius 2 is 1.05 bits per heavy atom. The smallest absolute Gasteiger partial charge is 0.343 e. The summed E-state index contributed by atoms with van der Waals surface area (Å²) in [5, 5.41) is 22.4. The van der Waals surface area contributed by atoms with Crippen molar-refractivity contribution in [2.24, 2.45) is 0 Å². The predicted octanol–water partition coefficient (Wildman–Crippen LogP) is 7.54. The molecule has 0 saturated heterocycles. The average molecular weight is 800 g/mol. The van der Waals surface area contributed by atoms with Crippen molar-refractivity contribution in [2.45, 2.75) is 51.3 Å². The highest BCUT2D eigenvalue weighted by Crippen LogP contribution is 2.39. The van der Waals surface area contributed by atoms with Crippen LogP contribution in [0.25, 0.3) is 0 Å². The number of anilines is 6. The molecule has 0 fully saturated rings. The van der Waals surface area contributed by atoms with Crippen LogP contribution in [0, 0.1) is 33.6 Å². The van der Waals surface area contributed by atoms with E-state index < -0.39 is 36.0 Å². The lowest BCUT2D eigenvalue weighted by atomic mass is 9.84. The van der Waals surface area contributed by atoms with Crippen molar-refractivity contribution in [2.75, 3.05) is 21.3 Å². The van der Waals surface area contributed by atoms with Gasteiger partial charge >= 0.3 is 16.1 Å². The minimum atomic E-state index is -5.13. The van der Waals surface area contributed by atoms with E-state index in [0.717, 1.165) is 28.9 Å². The van der Waals surface area contributed by atoms with Gasteiger partial charge in [-0.15, -0.1) is 0 Å². The number of hydrogen-bond acceptors (Lipinski definition) is 9. The van der Waals surface area contributed by atoms with Crippen molar-refractivity contribution >= 4 is 72.1 Å². The zero-order valence-corrected chi connectivity index (χ0v) is 32.7. The topological polar surface area (TPSA) is 228 Å². The van der Waals surface area contributed by atoms with Crippen LogP contribution in [0.2, 0.25) is 0 Å². The molecule has 0 atom stereocenters. The molecule has 7 N–H and O–H groups in total. The van der Waals surface area contributed by atoms with Crippen molar-refractivity contribution in [3.05, 3.63) is 135 Å². The Labute approximate surface area is 324 Å². The first-order valence-electron chi connectivity index (χ1n) is 16.9. The van der Waals surface area contributed by atoms with Crippen LogP contribution < -0.4 is 21.3 Å². The first-order chi connectivity index (χ1) is 26.1. The zero-order valence-electron chi connectivity index (χ0n) is 31.1. The molecule has 2 amide bonds. The summed E-state index contributed by atoms with van der Waals surface area (Å²) in [5.41, 5.74) is 6.61. The fourth-order valence-electron chi connectivity index (χ4n) is 6.42. The lowest BCUT2D eigenvalue weighted by Gasteiger charge is -2.19. The maximum absolute atomic E-state index is 12.8. The van der Waals surface area contributed by atoms with E-state index in [4.69, 9.17) is 0 Å². The summed E-state index contributed by atoms with van der Waals surface area (Å²) in [4.78, 5) is 34.3. The molecule has 14 nitrogen and oxygen atoms in total. The Balaban J connectivity index is 1.64. The summed E-state index contributed by atoms with van der Waals surface area (Å²) >= 11 is 0. The minimum Gasteiger partial charge on any atom is -0.477 e. The second kappa shape index (κ2) is 15.9. The minimum absolute atomic E-state index is 0.110. The monoisotopic (exact) mass is 799 g/mol. The average Bonchev–Trinajstić information content (AvgIpc) is 3.07. The number of aromatic carboxylic acids is 1. The Morgan fingerprint density at radius 1 is 0.571 bits per heavy atom. The molecule has 0 aliphatic rings. The van der Waals surface area contributed by atoms with Crippen LogP contribution in [-0.2, 0) is 29.8 Å². The van der Waals surface area contributed by atoms with Gasteiger partial charge in [-0.05, 0) is 123 Å². The fraction of sp³-hybridized carbons (Fsp3) is 0.150. The maximum Gasteiger partial charge on any atom is 0.343 e. The quantitative estimate of drug-likeness (QED) is 0.0369. The molecule has 0 aliphatic heterocycles. The van der Waals surface area contributed by atoms with Crippen molar-refractivity contribution in [1.29, 1.82) is 0 Å². The van der Waals surface area contributed by atoms with Gasteiger partial charge in [-0.25, -0.2) is 4.79 Å². The van der Waals surface area contributed by atoms with Crippen molar-refractivity contribution in [1.82, 2.24) is 0 Å². The highest BCUT2D eigenvalue weighted by atomic mass is 32.2. The Bertz CT molecular complexity index is 2580. The SMILES string of the molecule is CC(=O)Nc1cc(C)c(Nc2ccc([C+](c3ccc(Nc4c(C)cc(NC(C)=O)cc4C)c(C(=O)O)c3)c3ccc(S(=O)(=O)O)cc3S(=O)(=O)O)cc2)c(C)c1. The van der Waals surface area contributed by atoms with E-state index >= 15 is 0 Å². The van der Waals surface area contributed by atoms with E-state index in [1.165, 1.54) is 26.0 Å². The number of rotatable bonds is 12. The molecular weight excluding hydrogens is 761 g/mol. The van der Waals surface area contributed by atoms with Crippen LogP contribution in [-0.4, -0.2) is 48.8 Å². The second-order valence-electron chi connectivity index (χ2n) is 13.2. The molecule has 0 heterocycles. The van der Waals surface area contributed by atoms with Crippen molar-refractivity contribution in [3.63, 3.8) is 0 Å². The van der Waals surface area contributed by atoms with Gasteiger partial charge in [-0.2, -0.15) is 16.8 Å². The van der Waals surface area contributed by atoms with Crippen LogP contribution in [0.1, 0.15) is 63.1 Å². The van der Waals surface area contributed by atoms with Crippen LogP contribution in [0.4, 0.5) is 34.1 Å². The Hall–Kier alpha value is -6.20. The highest BCUT2D eigenvalue weighted by Gasteiger charge is 2.33. The first kappa shape index (κ1) is 41.0. The molecule has 0 aliphatic carbocycles. The summed E-state index contributed by atoms with van der Waals surface area (Å²) in [7, 11) is -10.0. The number of hydrogen-bond donors (Lipinski definition) is 7. The van der Waals surface area contributed by atoms with Gasteiger partial charge in [-0.3, -0.25) is 18.7 Å². The molecule has 5 aromatic carbocycles. The summed E-state index contributed by atoms with van der Waals surface area (Å²) in [6.45, 7) is 10.1. The number of carboxylic acids is 1. The Kier molecular flexibility index (Phi) is 11.6. The highest BCUT2D eigenvalue weighted by molar-refractivity contribution is 7.86. The van der Waals surface area contributed by atoms with Crippen LogP contribution in [0.15, 0.2) is 94.7 Å². The lowest BCUT2D eigenvalue weighted by molar-refractivity contribution is -0.115. The van der Waals surface area contributed by atoms with Crippen LogP contribution in [0.3, 0.4) is 0 Å². The second-order valence-corrected chi connectivity index (χ2v) is 16.0. The maximum atomic E-state index is 12.8. The van der Waals surface area contributed by atoms with E-state index in [0.29, 0.717) is 45.5 Å². The molecule has 5 rings (SSSR count). The first-order valence-corrected chi connectivity index (χ1v) is 19.8. The summed E-state index contributed by atoms with van der Waals surface area (Å²) < 4.78 is 69.6. The lowest BCUT2D eigenvalue weighted by Crippen LogP contribution is -2.14. The molecule has 0 bridgehead atoms. The molecule has 0 saturated carbocycles. The van der Waals surface area contributed by atoms with Gasteiger partial charge in [0.15, 0.2) is 0 Å². The normalized spacial score (nSPS) is 11.4. The molecule has 5 aromatic rings. The largest absolute Gasteiger partial charge is 0.477 e. The summed E-state index contributed by atoms with van der Waals surface area (Å²) in [5.74, 6) is -1.68. The number of carbonyl (C=O) groups excluding carboxylic acids is 2. The third-order valence-corrected chi connectivity index (χ3v) is 10.5. The number of aryl methyl sites for hydroxylation is 4. The number of carboxylic acid groups (broad SMARTS) is 1. The van der Waals surface area contributed by atoms with Crippen LogP contribution in [0.5, 0.6) is 0 Å². The predicted molar refractivity (Wildman–Crippen MR) is 213 cm³/mol. The zero-order chi connectivity index (χ0) is 41.3. The van der Waals surface area contributed by atoms with E-state index in [-0.39, 0.29) is 40.1 Å². The van der Waals surface area contributed by atoms with Gasteiger partial charge in [-0.1, -0.05) is 0 Å². The van der Waals surface area contributed by atoms with Gasteiger partial charge in [0.05, 0.1) is 28.3 Å². The van der Waals surface area contributed by atoms with Crippen molar-refractivity contribution < 1.29 is 45.4 Å². The molecule has 0 radical (unpaired) electrons. The fourth-order valence-corrected chi connectivity index (χ4v) is 7.72. The number of nitrogens with one attached hydrogen (secondary N) is 4. The van der Waals surface area contributed by atoms with E-state index in [1.807, 2.05) is 26.0 Å². The van der Waals surface area contributed by atoms with Crippen molar-refractivity contribution in [3.8, 4) is 0 Å². The third-order valence-electron chi connectivity index (χ3n) is 8.75. The number of amides is 2. The molecule has 16 heteroatoms. The van der Waals surface area contributed by atoms with Gasteiger partial charge in [0.1, 0.15) is 15.4 Å². The molecule has 0 spiro atoms. The Morgan fingerprint density at radius 3 is 1.50 bits per heavy atom. The number of carbonyl (C=O) groups is 3. The molecule has 0 unspecified atom stereocenters. The summed E-state index contributed by atoms with van der Waals surface area (Å²) in [6, 6.07) is 20.8. The molecule has 0 aromatic heterocycles. The van der Waals surface area contributed by atoms with Crippen LogP contribution >= 0.6 is 0 Å². The molecule has 290 valence electrons. The van der Waals surface area contributed by atoms with Gasteiger partial charge in [0.25, 0.3) is 10.1 Å². The van der Waals surface area contributed by atoms with Gasteiger partial charge in [0, 0.05) is 54.4 Å². The molecule has 56 heavy (non-hydrogen) atoms. The number of benzene rings is 5. The van der Waals surface area contributed by atoms with Gasteiger partial charge in [0.2, 0.25) is 11.8 Å². The molecular formula is C40H39N4O10S2+. The summed E-state index contributed by atoms with van der Waals surface area (Å²) in [6.07, 6.45) is 0. The van der Waals surface area contributed by atoms with E-state index in [9.17, 15) is 45.4 Å². The standard InChI is InChI=1S/C40H38N4O10S2/c1-21-15-30(41-25(5)45)16-22(2)38(21)43-29-10-7-27(8-11-29)37(33-13-12-32(55(49,50)51)20-36(33)56(52,53)54)28-9-14-35(34(19-28)40(47)48)44-39-23(3)17-31(18-24(39)4)42-26(6)46/h7-20,43-44H,1-6H3,(H4-,41,42,45,46,47,48,49,50,51,52,53,54)/p+1. The van der Waals surface area contributed by atoms with E-state index in [1.54, 1.807) is 56.3 Å². The third kappa shape index (κ3) is 9.35.